The van der Waals surface area contributed by atoms with Crippen LogP contribution in [0.4, 0.5) is 0 Å². The summed E-state index contributed by atoms with van der Waals surface area (Å²) in [6.07, 6.45) is 16.6. The molecule has 0 aromatic heterocycles. The van der Waals surface area contributed by atoms with Crippen LogP contribution in [0, 0.1) is 14.9 Å². The maximum absolute atomic E-state index is 11.8. The molecule has 3 rings (SSSR count). The number of hydrogen-bond donors (Lipinski definition) is 0. The first kappa shape index (κ1) is 37.0. The van der Waals surface area contributed by atoms with Crippen LogP contribution in [0.1, 0.15) is 127 Å². The summed E-state index contributed by atoms with van der Waals surface area (Å²) in [6.45, 7) is 9.01. The molecule has 2 aromatic carbocycles. The summed E-state index contributed by atoms with van der Waals surface area (Å²) in [7, 11) is 0. The van der Waals surface area contributed by atoms with Crippen molar-refractivity contribution in [1.82, 2.24) is 0 Å². The Morgan fingerprint density at radius 3 is 1.51 bits per heavy atom. The van der Waals surface area contributed by atoms with E-state index in [1.165, 1.54) is 91.2 Å². The Morgan fingerprint density at radius 2 is 1.03 bits per heavy atom. The standard InChI is InChI=1S/C34H48N2.2CH3.Ni/c1-5-9-12-13-14-15-24-32-31(8-4)33(29-22-16-20-27(25-29)18-10-6-2)36(35)34(32)30-23-17-21-28(26-30)19-11-7-3;;;/h16-17,20-23,25-26H,5-15,18-19,24H2,1-4H3;2*1H3;/q;2*-1;+2. The van der Waals surface area contributed by atoms with E-state index in [1.54, 1.807) is 0 Å². The average molecular weight is 574 g/mol. The van der Waals surface area contributed by atoms with Gasteiger partial charge in [0, 0.05) is 22.3 Å². The molecule has 0 radical (unpaired) electrons. The van der Waals surface area contributed by atoms with Crippen LogP contribution in [0.5, 0.6) is 0 Å². The number of nitrogens with zero attached hydrogens (tertiary/aromatic N) is 2. The third kappa shape index (κ3) is 10.2. The summed E-state index contributed by atoms with van der Waals surface area (Å²) in [5.41, 5.74) is 21.4. The maximum atomic E-state index is 11.8. The van der Waals surface area contributed by atoms with E-state index in [2.05, 4.69) is 76.2 Å². The Bertz CT molecular complexity index is 1060. The predicted octanol–water partition coefficient (Wildman–Crippen LogP) is 11.6. The van der Waals surface area contributed by atoms with E-state index >= 15 is 0 Å². The predicted molar refractivity (Wildman–Crippen MR) is 169 cm³/mol. The van der Waals surface area contributed by atoms with Crippen LogP contribution in [0.15, 0.2) is 59.7 Å². The molecule has 0 aliphatic carbocycles. The summed E-state index contributed by atoms with van der Waals surface area (Å²) < 4.78 is 1.53. The van der Waals surface area contributed by atoms with Crippen molar-refractivity contribution >= 4 is 11.4 Å². The van der Waals surface area contributed by atoms with E-state index in [9.17, 15) is 5.53 Å². The van der Waals surface area contributed by atoms with Gasteiger partial charge >= 0.3 is 16.5 Å². The van der Waals surface area contributed by atoms with Crippen LogP contribution >= 0.6 is 0 Å². The molecule has 218 valence electrons. The summed E-state index contributed by atoms with van der Waals surface area (Å²) in [5, 5.41) is 0. The molecule has 0 saturated carbocycles. The minimum absolute atomic E-state index is 0. The number of rotatable bonds is 16. The third-order valence-electron chi connectivity index (χ3n) is 7.53. The Balaban J connectivity index is 0.00000481. The number of aryl methyl sites for hydroxylation is 2. The number of allylic oxidation sites excluding steroid dienone is 2. The van der Waals surface area contributed by atoms with Gasteiger partial charge in [0.15, 0.2) is 0 Å². The Kier molecular flexibility index (Phi) is 19.0. The monoisotopic (exact) mass is 572 g/mol. The minimum Gasteiger partial charge on any atom is -0.493 e. The second-order valence-electron chi connectivity index (χ2n) is 10.4. The molecule has 1 aliphatic heterocycles. The molecule has 0 N–H and O–H groups in total. The van der Waals surface area contributed by atoms with Crippen LogP contribution in [0.2, 0.25) is 0 Å². The molecular formula is C36H54N2Ni. The van der Waals surface area contributed by atoms with Crippen molar-refractivity contribution < 1.29 is 21.2 Å². The fourth-order valence-corrected chi connectivity index (χ4v) is 5.49. The van der Waals surface area contributed by atoms with Crippen molar-refractivity contribution in [2.45, 2.75) is 118 Å². The molecule has 1 aliphatic rings. The van der Waals surface area contributed by atoms with Crippen molar-refractivity contribution in [3.63, 3.8) is 0 Å². The van der Waals surface area contributed by atoms with E-state index in [0.717, 1.165) is 48.2 Å². The molecule has 0 atom stereocenters. The van der Waals surface area contributed by atoms with E-state index < -0.39 is 0 Å². The number of hydrogen-bond acceptors (Lipinski definition) is 0. The fraction of sp³-hybridized carbons (Fsp3) is 0.500. The van der Waals surface area contributed by atoms with Crippen LogP contribution in [0.3, 0.4) is 0 Å². The topological polar surface area (TPSA) is 25.3 Å². The van der Waals surface area contributed by atoms with Crippen LogP contribution in [-0.2, 0) is 29.3 Å². The molecule has 3 heteroatoms. The zero-order valence-corrected chi connectivity index (χ0v) is 26.7. The van der Waals surface area contributed by atoms with Gasteiger partial charge in [-0.15, -0.1) is 0 Å². The summed E-state index contributed by atoms with van der Waals surface area (Å²) >= 11 is 0. The molecule has 0 unspecified atom stereocenters. The van der Waals surface area contributed by atoms with Gasteiger partial charge < -0.3 is 20.4 Å². The van der Waals surface area contributed by atoms with Gasteiger partial charge in [-0.2, -0.15) is 0 Å². The second kappa shape index (κ2) is 20.0. The van der Waals surface area contributed by atoms with E-state index in [0.29, 0.717) is 0 Å². The average Bonchev–Trinajstić information content (AvgIpc) is 3.19. The van der Waals surface area contributed by atoms with Gasteiger partial charge in [0.2, 0.25) is 11.4 Å². The smallest absolute Gasteiger partial charge is 0.493 e. The normalized spacial score (nSPS) is 12.8. The van der Waals surface area contributed by atoms with Gasteiger partial charge in [-0.1, -0.05) is 96.9 Å². The number of benzene rings is 2. The van der Waals surface area contributed by atoms with Crippen molar-refractivity contribution in [2.24, 2.45) is 0 Å². The van der Waals surface area contributed by atoms with Gasteiger partial charge in [-0.3, -0.25) is 0 Å². The molecular weight excluding hydrogens is 519 g/mol. The first-order valence-corrected chi connectivity index (χ1v) is 14.8. The van der Waals surface area contributed by atoms with Crippen molar-refractivity contribution in [3.05, 3.63) is 102 Å². The molecule has 0 saturated heterocycles. The zero-order valence-electron chi connectivity index (χ0n) is 25.7. The Morgan fingerprint density at radius 1 is 0.564 bits per heavy atom. The van der Waals surface area contributed by atoms with Crippen LogP contribution in [-0.4, -0.2) is 4.70 Å². The second-order valence-corrected chi connectivity index (χ2v) is 10.4. The largest absolute Gasteiger partial charge is 2.00 e. The Hall–Kier alpha value is -1.99. The molecule has 0 bridgehead atoms. The van der Waals surface area contributed by atoms with Gasteiger partial charge in [0.25, 0.3) is 0 Å². The third-order valence-corrected chi connectivity index (χ3v) is 7.53. The van der Waals surface area contributed by atoms with Crippen molar-refractivity contribution in [3.8, 4) is 0 Å². The van der Waals surface area contributed by atoms with E-state index in [1.807, 2.05) is 0 Å². The molecule has 0 spiro atoms. The number of unbranched alkanes of at least 4 members (excludes halogenated alkanes) is 7. The van der Waals surface area contributed by atoms with Crippen molar-refractivity contribution in [2.75, 3.05) is 0 Å². The summed E-state index contributed by atoms with van der Waals surface area (Å²) in [5.74, 6) is 0. The van der Waals surface area contributed by atoms with Gasteiger partial charge in [0.1, 0.15) is 0 Å². The molecule has 39 heavy (non-hydrogen) atoms. The van der Waals surface area contributed by atoms with E-state index in [-0.39, 0.29) is 31.3 Å². The molecule has 2 nitrogen and oxygen atoms in total. The Labute approximate surface area is 251 Å². The SMILES string of the molecule is CCCCCCCCC1=C(c2cccc(CCCC)c2)[N+](=[N-])C(c2cccc(CCCC)c2)=C1CC.[CH3-].[CH3-].[Ni+2]. The van der Waals surface area contributed by atoms with Gasteiger partial charge in [-0.05, 0) is 80.3 Å². The van der Waals surface area contributed by atoms with Gasteiger partial charge in [0.05, 0.1) is 0 Å². The van der Waals surface area contributed by atoms with Crippen LogP contribution in [0.25, 0.3) is 16.9 Å². The molecule has 0 amide bonds. The molecule has 1 heterocycles. The van der Waals surface area contributed by atoms with Gasteiger partial charge in [-0.25, -0.2) is 4.70 Å². The summed E-state index contributed by atoms with van der Waals surface area (Å²) in [6, 6.07) is 17.7. The maximum Gasteiger partial charge on any atom is 2.00 e. The van der Waals surface area contributed by atoms with E-state index in [4.69, 9.17) is 0 Å². The zero-order chi connectivity index (χ0) is 25.8. The molecule has 0 fully saturated rings. The fourth-order valence-electron chi connectivity index (χ4n) is 5.49. The summed E-state index contributed by atoms with van der Waals surface area (Å²) in [4.78, 5) is 0. The first-order chi connectivity index (χ1) is 17.6. The molecule has 2 aromatic rings. The first-order valence-electron chi connectivity index (χ1n) is 14.8. The minimum atomic E-state index is 0. The van der Waals surface area contributed by atoms with Crippen molar-refractivity contribution in [1.29, 1.82) is 0 Å². The quantitative estimate of drug-likeness (QED) is 0.0826. The van der Waals surface area contributed by atoms with Crippen LogP contribution < -0.4 is 0 Å².